The summed E-state index contributed by atoms with van der Waals surface area (Å²) in [5, 5.41) is 14.4. The van der Waals surface area contributed by atoms with Gasteiger partial charge in [0.1, 0.15) is 0 Å². The molecule has 0 saturated heterocycles. The van der Waals surface area contributed by atoms with Crippen LogP contribution in [0.5, 0.6) is 0 Å². The first-order valence-corrected chi connectivity index (χ1v) is 8.26. The second-order valence-electron chi connectivity index (χ2n) is 4.55. The first-order valence-electron chi connectivity index (χ1n) is 6.15. The van der Waals surface area contributed by atoms with Gasteiger partial charge in [0.2, 0.25) is 0 Å². The topological polar surface area (TPSA) is 95.5 Å². The Kier molecular flexibility index (Phi) is 6.64. The van der Waals surface area contributed by atoms with Gasteiger partial charge >= 0.3 is 12.0 Å². The number of nitrogens with one attached hydrogen (secondary N) is 2. The number of carboxylic acids is 1. The van der Waals surface area contributed by atoms with Gasteiger partial charge in [-0.25, -0.2) is 9.59 Å². The summed E-state index contributed by atoms with van der Waals surface area (Å²) in [6, 6.07) is 4.15. The lowest BCUT2D eigenvalue weighted by atomic mass is 10.1. The molecule has 0 fully saturated rings. The highest BCUT2D eigenvalue weighted by atomic mass is 35.5. The molecule has 3 atom stereocenters. The fraction of sp³-hybridized carbons (Fsp3) is 0.385. The predicted octanol–water partition coefficient (Wildman–Crippen LogP) is 1.53. The van der Waals surface area contributed by atoms with Crippen molar-refractivity contribution in [2.75, 3.05) is 12.0 Å². The zero-order valence-electron chi connectivity index (χ0n) is 11.6. The second-order valence-corrected chi connectivity index (χ2v) is 6.44. The minimum atomic E-state index is -1.25. The van der Waals surface area contributed by atoms with Crippen LogP contribution in [-0.4, -0.2) is 39.4 Å². The van der Waals surface area contributed by atoms with Gasteiger partial charge < -0.3 is 15.7 Å². The van der Waals surface area contributed by atoms with Crippen LogP contribution in [0.1, 0.15) is 18.5 Å². The van der Waals surface area contributed by atoms with Gasteiger partial charge in [-0.05, 0) is 13.0 Å². The van der Waals surface area contributed by atoms with E-state index in [4.69, 9.17) is 11.6 Å². The number of rotatable bonds is 6. The van der Waals surface area contributed by atoms with Crippen molar-refractivity contribution in [3.8, 4) is 0 Å². The molecule has 1 aromatic carbocycles. The van der Waals surface area contributed by atoms with E-state index in [1.165, 1.54) is 12.3 Å². The minimum absolute atomic E-state index is 0.257. The molecule has 0 bridgehead atoms. The summed E-state index contributed by atoms with van der Waals surface area (Å²) in [6.45, 7) is 1.69. The summed E-state index contributed by atoms with van der Waals surface area (Å²) < 4.78 is 11.1. The largest absolute Gasteiger partial charge is 0.479 e. The van der Waals surface area contributed by atoms with Crippen molar-refractivity contribution in [1.82, 2.24) is 10.6 Å². The van der Waals surface area contributed by atoms with Crippen molar-refractivity contribution in [2.24, 2.45) is 0 Å². The number of urea groups is 1. The van der Waals surface area contributed by atoms with Crippen molar-refractivity contribution >= 4 is 34.4 Å². The number of hydrogen-bond donors (Lipinski definition) is 3. The summed E-state index contributed by atoms with van der Waals surface area (Å²) in [5.41, 5.74) is 0.300. The number of amides is 2. The van der Waals surface area contributed by atoms with Gasteiger partial charge in [-0.2, -0.15) is 0 Å². The molecular formula is C13H17ClN2O4S. The molecule has 6 nitrogen and oxygen atoms in total. The Labute approximate surface area is 130 Å². The van der Waals surface area contributed by atoms with Gasteiger partial charge in [0.05, 0.1) is 0 Å². The number of carboxylic acid groups (broad SMARTS) is 1. The maximum Gasteiger partial charge on any atom is 0.331 e. The molecule has 0 aliphatic carbocycles. The molecule has 21 heavy (non-hydrogen) atoms. The highest BCUT2D eigenvalue weighted by Gasteiger charge is 2.24. The van der Waals surface area contributed by atoms with Gasteiger partial charge in [-0.15, -0.1) is 0 Å². The molecule has 0 heterocycles. The number of aliphatic carboxylic acids is 1. The third-order valence-electron chi connectivity index (χ3n) is 2.60. The fourth-order valence-electron chi connectivity index (χ4n) is 1.77. The average molecular weight is 333 g/mol. The molecule has 0 aromatic heterocycles. The maximum atomic E-state index is 11.8. The van der Waals surface area contributed by atoms with Crippen LogP contribution in [-0.2, 0) is 15.6 Å². The van der Waals surface area contributed by atoms with E-state index in [0.29, 0.717) is 5.56 Å². The standard InChI is InChI=1S/C13H17ClN2O4S/c1-8(7-21(2)20)15-13(19)16-11(12(17)18)9-5-3-4-6-10(9)14/h3-6,8,11H,7H2,1-2H3,(H,17,18)(H2,15,16,19)/t8?,11-,21?/m1/s1. The van der Waals surface area contributed by atoms with E-state index in [-0.39, 0.29) is 16.8 Å². The van der Waals surface area contributed by atoms with Crippen LogP contribution in [0, 0.1) is 0 Å². The molecular weight excluding hydrogens is 316 g/mol. The van der Waals surface area contributed by atoms with E-state index in [1.54, 1.807) is 25.1 Å². The van der Waals surface area contributed by atoms with Gasteiger partial charge in [-0.1, -0.05) is 29.8 Å². The van der Waals surface area contributed by atoms with Crippen LogP contribution in [0.3, 0.4) is 0 Å². The Morgan fingerprint density at radius 3 is 2.48 bits per heavy atom. The summed E-state index contributed by atoms with van der Waals surface area (Å²) in [5.74, 6) is -0.929. The SMILES string of the molecule is CC(CS(C)=O)NC(=O)N[C@@H](C(=O)O)c1ccccc1Cl. The van der Waals surface area contributed by atoms with Crippen LogP contribution in [0.2, 0.25) is 5.02 Å². The number of halogens is 1. The van der Waals surface area contributed by atoms with E-state index in [9.17, 15) is 18.9 Å². The molecule has 0 spiro atoms. The van der Waals surface area contributed by atoms with Crippen LogP contribution < -0.4 is 10.6 Å². The third kappa shape index (κ3) is 5.73. The lowest BCUT2D eigenvalue weighted by molar-refractivity contribution is -0.139. The molecule has 0 saturated carbocycles. The lowest BCUT2D eigenvalue weighted by Gasteiger charge is -2.19. The minimum Gasteiger partial charge on any atom is -0.479 e. The van der Waals surface area contributed by atoms with Crippen molar-refractivity contribution in [3.63, 3.8) is 0 Å². The van der Waals surface area contributed by atoms with Crippen molar-refractivity contribution < 1.29 is 18.9 Å². The van der Waals surface area contributed by atoms with Crippen LogP contribution >= 0.6 is 11.6 Å². The molecule has 2 amide bonds. The lowest BCUT2D eigenvalue weighted by Crippen LogP contribution is -2.45. The molecule has 0 aliphatic heterocycles. The molecule has 3 N–H and O–H groups in total. The zero-order chi connectivity index (χ0) is 16.0. The Morgan fingerprint density at radius 2 is 1.95 bits per heavy atom. The Morgan fingerprint density at radius 1 is 1.33 bits per heavy atom. The first kappa shape index (κ1) is 17.5. The number of benzene rings is 1. The van der Waals surface area contributed by atoms with Gasteiger partial charge in [0.25, 0.3) is 0 Å². The van der Waals surface area contributed by atoms with Gasteiger partial charge in [0, 0.05) is 39.4 Å². The molecule has 1 aromatic rings. The number of carbonyl (C=O) groups excluding carboxylic acids is 1. The van der Waals surface area contributed by atoms with Crippen molar-refractivity contribution in [3.05, 3.63) is 34.9 Å². The Bertz CT molecular complexity index is 553. The predicted molar refractivity (Wildman–Crippen MR) is 81.9 cm³/mol. The second kappa shape index (κ2) is 7.99. The van der Waals surface area contributed by atoms with E-state index >= 15 is 0 Å². The van der Waals surface area contributed by atoms with E-state index in [1.807, 2.05) is 0 Å². The highest BCUT2D eigenvalue weighted by molar-refractivity contribution is 7.84. The third-order valence-corrected chi connectivity index (χ3v) is 3.91. The quantitative estimate of drug-likeness (QED) is 0.736. The summed E-state index contributed by atoms with van der Waals surface area (Å²) >= 11 is 5.95. The molecule has 2 unspecified atom stereocenters. The summed E-state index contributed by atoms with van der Waals surface area (Å²) in [6.07, 6.45) is 1.53. The first-order chi connectivity index (χ1) is 9.81. The van der Waals surface area contributed by atoms with Crippen LogP contribution in [0.15, 0.2) is 24.3 Å². The summed E-state index contributed by atoms with van der Waals surface area (Å²) in [4.78, 5) is 23.1. The maximum absolute atomic E-state index is 11.8. The highest BCUT2D eigenvalue weighted by Crippen LogP contribution is 2.22. The average Bonchev–Trinajstić information content (AvgIpc) is 2.35. The van der Waals surface area contributed by atoms with Gasteiger partial charge in [-0.3, -0.25) is 4.21 Å². The van der Waals surface area contributed by atoms with Crippen LogP contribution in [0.25, 0.3) is 0 Å². The molecule has 8 heteroatoms. The summed E-state index contributed by atoms with van der Waals surface area (Å²) in [7, 11) is -1.05. The molecule has 0 radical (unpaired) electrons. The molecule has 0 aliphatic rings. The van der Waals surface area contributed by atoms with E-state index in [2.05, 4.69) is 10.6 Å². The van der Waals surface area contributed by atoms with E-state index in [0.717, 1.165) is 0 Å². The Balaban J connectivity index is 2.76. The van der Waals surface area contributed by atoms with E-state index < -0.39 is 28.8 Å². The fourth-order valence-corrected chi connectivity index (χ4v) is 2.80. The van der Waals surface area contributed by atoms with Crippen LogP contribution in [0.4, 0.5) is 4.79 Å². The van der Waals surface area contributed by atoms with Crippen molar-refractivity contribution in [2.45, 2.75) is 19.0 Å². The zero-order valence-corrected chi connectivity index (χ0v) is 13.2. The number of hydrogen-bond acceptors (Lipinski definition) is 3. The van der Waals surface area contributed by atoms with Gasteiger partial charge in [0.15, 0.2) is 6.04 Å². The monoisotopic (exact) mass is 332 g/mol. The normalized spacial score (nSPS) is 14.8. The molecule has 116 valence electrons. The molecule has 1 rings (SSSR count). The smallest absolute Gasteiger partial charge is 0.331 e. The number of carbonyl (C=O) groups is 2. The van der Waals surface area contributed by atoms with Crippen molar-refractivity contribution in [1.29, 1.82) is 0 Å². The Hall–Kier alpha value is -1.60.